The Morgan fingerprint density at radius 3 is 2.00 bits per heavy atom. The average molecular weight is 190 g/mol. The molecule has 2 aliphatic carbocycles. The van der Waals surface area contributed by atoms with Gasteiger partial charge in [0.2, 0.25) is 0 Å². The predicted molar refractivity (Wildman–Crippen MR) is 45.9 cm³/mol. The molecule has 2 fully saturated rings. The molecule has 2 saturated carbocycles. The number of hydrogen-bond acceptors (Lipinski definition) is 0. The second kappa shape index (κ2) is 2.62. The number of rotatable bonds is 0. The van der Waals surface area contributed by atoms with Crippen molar-refractivity contribution in [3.05, 3.63) is 0 Å². The van der Waals surface area contributed by atoms with Crippen LogP contribution in [-0.2, 0) is 0 Å². The summed E-state index contributed by atoms with van der Waals surface area (Å²) < 4.78 is 0. The summed E-state index contributed by atoms with van der Waals surface area (Å²) in [6.45, 7) is 7.32. The fourth-order valence-corrected chi connectivity index (χ4v) is 3.37. The maximum Gasteiger partial charge on any atom is 0.0905 e. The van der Waals surface area contributed by atoms with E-state index in [-0.39, 0.29) is 12.4 Å². The Kier molecular flexibility index (Phi) is 2.25. The van der Waals surface area contributed by atoms with E-state index in [1.165, 1.54) is 19.3 Å². The van der Waals surface area contributed by atoms with Gasteiger partial charge in [-0.05, 0) is 24.2 Å². The van der Waals surface area contributed by atoms with Crippen LogP contribution in [0.15, 0.2) is 0 Å². The highest BCUT2D eigenvalue weighted by atomic mass is 35.5. The van der Waals surface area contributed by atoms with E-state index in [1.807, 2.05) is 0 Å². The summed E-state index contributed by atoms with van der Waals surface area (Å²) in [5.74, 6) is 0.968. The van der Waals surface area contributed by atoms with Crippen molar-refractivity contribution in [3.63, 3.8) is 0 Å². The summed E-state index contributed by atoms with van der Waals surface area (Å²) in [6.07, 6.45) is 4.25. The van der Waals surface area contributed by atoms with Gasteiger partial charge >= 0.3 is 0 Å². The Morgan fingerprint density at radius 1 is 1.25 bits per heavy atom. The minimum Gasteiger partial charge on any atom is -1.00 e. The molecule has 3 N–H and O–H groups in total. The lowest BCUT2D eigenvalue weighted by Gasteiger charge is -2.35. The molecule has 12 heavy (non-hydrogen) atoms. The standard InChI is InChI=1S/C10H19N.ClH/c1-9(2)7-4-5-10(9,3)8(11)6-7;/h7-8H,4-6,11H2,1-3H3;1H. The number of quaternary nitrogens is 1. The van der Waals surface area contributed by atoms with Crippen molar-refractivity contribution in [3.8, 4) is 0 Å². The van der Waals surface area contributed by atoms with Gasteiger partial charge in [0.05, 0.1) is 6.04 Å². The van der Waals surface area contributed by atoms with E-state index in [0.29, 0.717) is 10.8 Å². The third-order valence-corrected chi connectivity index (χ3v) is 4.97. The van der Waals surface area contributed by atoms with Crippen molar-refractivity contribution in [1.82, 2.24) is 0 Å². The van der Waals surface area contributed by atoms with E-state index >= 15 is 0 Å². The van der Waals surface area contributed by atoms with Gasteiger partial charge in [-0.3, -0.25) is 0 Å². The molecule has 72 valence electrons. The van der Waals surface area contributed by atoms with Crippen molar-refractivity contribution < 1.29 is 18.1 Å². The molecule has 0 aromatic rings. The SMILES string of the molecule is CC1(C)C2CCC1(C)C([NH3+])C2.[Cl-]. The number of hydrogen-bond donors (Lipinski definition) is 1. The minimum absolute atomic E-state index is 0. The van der Waals surface area contributed by atoms with Crippen molar-refractivity contribution in [1.29, 1.82) is 0 Å². The first kappa shape index (κ1) is 10.3. The van der Waals surface area contributed by atoms with Crippen LogP contribution in [0.4, 0.5) is 0 Å². The van der Waals surface area contributed by atoms with Gasteiger partial charge in [0.25, 0.3) is 0 Å². The van der Waals surface area contributed by atoms with Gasteiger partial charge in [-0.1, -0.05) is 20.8 Å². The van der Waals surface area contributed by atoms with Crippen molar-refractivity contribution in [2.24, 2.45) is 16.7 Å². The Morgan fingerprint density at radius 2 is 1.83 bits per heavy atom. The predicted octanol–water partition coefficient (Wildman–Crippen LogP) is -1.55. The first-order chi connectivity index (χ1) is 4.98. The van der Waals surface area contributed by atoms with E-state index < -0.39 is 0 Å². The zero-order valence-corrected chi connectivity index (χ0v) is 9.12. The van der Waals surface area contributed by atoms with E-state index in [4.69, 9.17) is 0 Å². The average Bonchev–Trinajstić information content (AvgIpc) is 2.20. The van der Waals surface area contributed by atoms with Crippen LogP contribution < -0.4 is 18.1 Å². The van der Waals surface area contributed by atoms with Crippen molar-refractivity contribution in [2.75, 3.05) is 0 Å². The minimum atomic E-state index is 0. The van der Waals surface area contributed by atoms with Crippen molar-refractivity contribution in [2.45, 2.75) is 46.1 Å². The molecule has 0 radical (unpaired) electrons. The van der Waals surface area contributed by atoms with Gasteiger partial charge < -0.3 is 18.1 Å². The largest absolute Gasteiger partial charge is 1.00 e. The number of fused-ring (bicyclic) bond motifs is 2. The van der Waals surface area contributed by atoms with E-state index in [0.717, 1.165) is 12.0 Å². The number of halogens is 1. The molecule has 3 unspecified atom stereocenters. The second-order valence-corrected chi connectivity index (χ2v) is 5.31. The first-order valence-corrected chi connectivity index (χ1v) is 4.81. The summed E-state index contributed by atoms with van der Waals surface area (Å²) in [7, 11) is 0. The lowest BCUT2D eigenvalue weighted by Crippen LogP contribution is -3.00. The highest BCUT2D eigenvalue weighted by Gasteiger charge is 2.62. The summed E-state index contributed by atoms with van der Waals surface area (Å²) >= 11 is 0. The zero-order valence-electron chi connectivity index (χ0n) is 8.36. The maximum absolute atomic E-state index is 4.29. The Labute approximate surface area is 81.5 Å². The molecule has 2 bridgehead atoms. The molecule has 0 heterocycles. The van der Waals surface area contributed by atoms with Crippen molar-refractivity contribution >= 4 is 0 Å². The summed E-state index contributed by atoms with van der Waals surface area (Å²) in [6, 6.07) is 0.719. The molecular formula is C10H20ClN. The molecule has 2 heteroatoms. The van der Waals surface area contributed by atoms with Crippen LogP contribution in [0.1, 0.15) is 40.0 Å². The normalized spacial score (nSPS) is 49.0. The molecule has 2 aliphatic rings. The van der Waals surface area contributed by atoms with Crippen LogP contribution in [0.5, 0.6) is 0 Å². The van der Waals surface area contributed by atoms with Crippen LogP contribution in [0, 0.1) is 16.7 Å². The molecule has 3 atom stereocenters. The second-order valence-electron chi connectivity index (χ2n) is 5.31. The van der Waals surface area contributed by atoms with Crippen LogP contribution >= 0.6 is 0 Å². The third kappa shape index (κ3) is 0.898. The van der Waals surface area contributed by atoms with Gasteiger partial charge in [-0.2, -0.15) is 0 Å². The lowest BCUT2D eigenvalue weighted by molar-refractivity contribution is -0.446. The van der Waals surface area contributed by atoms with Crippen LogP contribution in [0.25, 0.3) is 0 Å². The highest BCUT2D eigenvalue weighted by Crippen LogP contribution is 2.64. The zero-order chi connectivity index (χ0) is 8.28. The molecule has 2 rings (SSSR count). The quantitative estimate of drug-likeness (QED) is 0.478. The lowest BCUT2D eigenvalue weighted by atomic mass is 9.69. The molecule has 0 aromatic carbocycles. The Bertz CT molecular complexity index is 190. The van der Waals surface area contributed by atoms with Gasteiger partial charge in [0.15, 0.2) is 0 Å². The van der Waals surface area contributed by atoms with Crippen LogP contribution in [0.3, 0.4) is 0 Å². The third-order valence-electron chi connectivity index (χ3n) is 4.97. The molecule has 0 saturated heterocycles. The van der Waals surface area contributed by atoms with E-state index in [9.17, 15) is 0 Å². The summed E-state index contributed by atoms with van der Waals surface area (Å²) in [5, 5.41) is 0. The van der Waals surface area contributed by atoms with Crippen LogP contribution in [0.2, 0.25) is 0 Å². The summed E-state index contributed by atoms with van der Waals surface area (Å²) in [4.78, 5) is 0. The van der Waals surface area contributed by atoms with Gasteiger partial charge in [0, 0.05) is 11.8 Å². The van der Waals surface area contributed by atoms with Gasteiger partial charge in [-0.25, -0.2) is 0 Å². The monoisotopic (exact) mass is 189 g/mol. The van der Waals surface area contributed by atoms with E-state index in [2.05, 4.69) is 26.5 Å². The van der Waals surface area contributed by atoms with Gasteiger partial charge in [0.1, 0.15) is 0 Å². The fourth-order valence-electron chi connectivity index (χ4n) is 3.37. The highest BCUT2D eigenvalue weighted by molar-refractivity contribution is 5.09. The molecular weight excluding hydrogens is 170 g/mol. The summed E-state index contributed by atoms with van der Waals surface area (Å²) in [5.41, 5.74) is 5.41. The van der Waals surface area contributed by atoms with E-state index in [1.54, 1.807) is 0 Å². The molecule has 0 amide bonds. The Balaban J connectivity index is 0.000000720. The molecule has 0 aromatic heterocycles. The smallest absolute Gasteiger partial charge is 0.0905 e. The fraction of sp³-hybridized carbons (Fsp3) is 1.00. The first-order valence-electron chi connectivity index (χ1n) is 4.81. The van der Waals surface area contributed by atoms with Gasteiger partial charge in [-0.15, -0.1) is 0 Å². The molecule has 0 spiro atoms. The topological polar surface area (TPSA) is 27.6 Å². The Hall–Kier alpha value is 0.250. The molecule has 0 aliphatic heterocycles. The molecule has 1 nitrogen and oxygen atoms in total. The van der Waals surface area contributed by atoms with Crippen LogP contribution in [-0.4, -0.2) is 6.04 Å². The maximum atomic E-state index is 4.29.